The molecule has 29 heavy (non-hydrogen) atoms. The molecule has 0 aliphatic carbocycles. The van der Waals surface area contributed by atoms with E-state index in [1.807, 2.05) is 45.9 Å². The molecule has 0 aliphatic heterocycles. The molecule has 0 radical (unpaired) electrons. The fourth-order valence-electron chi connectivity index (χ4n) is 3.09. The number of benzene rings is 2. The number of carbonyl (C=O) groups is 1. The molecule has 158 valence electrons. The summed E-state index contributed by atoms with van der Waals surface area (Å²) < 4.78 is 26.4. The molecule has 0 heterocycles. The van der Waals surface area contributed by atoms with Crippen LogP contribution in [0.1, 0.15) is 30.0 Å². The topological polar surface area (TPSA) is 66.5 Å². The molecule has 2 aromatic carbocycles. The lowest BCUT2D eigenvalue weighted by Crippen LogP contribution is -2.50. The summed E-state index contributed by atoms with van der Waals surface area (Å²) in [4.78, 5) is 14.0. The van der Waals surface area contributed by atoms with Crippen molar-refractivity contribution < 1.29 is 13.2 Å². The molecule has 5 nitrogen and oxygen atoms in total. The zero-order valence-corrected chi connectivity index (χ0v) is 19.4. The highest BCUT2D eigenvalue weighted by atomic mass is 32.2. The molecule has 2 rings (SSSR count). The third-order valence-electron chi connectivity index (χ3n) is 4.62. The summed E-state index contributed by atoms with van der Waals surface area (Å²) >= 11 is 1.66. The highest BCUT2D eigenvalue weighted by Gasteiger charge is 2.32. The molecule has 0 aromatic heterocycles. The number of nitrogens with one attached hydrogen (secondary N) is 1. The fraction of sp³-hybridized carbons (Fsp3) is 0.409. The Balaban J connectivity index is 2.10. The second-order valence-corrected chi connectivity index (χ2v) is 10.3. The van der Waals surface area contributed by atoms with Crippen LogP contribution in [0.4, 0.5) is 5.69 Å². The number of rotatable bonds is 9. The van der Waals surface area contributed by atoms with Crippen LogP contribution in [0.2, 0.25) is 0 Å². The number of sulfonamides is 1. The van der Waals surface area contributed by atoms with Crippen molar-refractivity contribution >= 4 is 33.4 Å². The third kappa shape index (κ3) is 6.51. The van der Waals surface area contributed by atoms with Crippen LogP contribution < -0.4 is 9.62 Å². The Hall–Kier alpha value is -1.99. The van der Waals surface area contributed by atoms with E-state index in [1.165, 1.54) is 9.87 Å². The maximum Gasteiger partial charge on any atom is 0.243 e. The summed E-state index contributed by atoms with van der Waals surface area (Å²) in [6, 6.07) is 13.1. The van der Waals surface area contributed by atoms with Gasteiger partial charge in [0.05, 0.1) is 11.9 Å². The van der Waals surface area contributed by atoms with Crippen LogP contribution in [-0.2, 0) is 14.8 Å². The Morgan fingerprint density at radius 1 is 1.07 bits per heavy atom. The van der Waals surface area contributed by atoms with E-state index in [2.05, 4.69) is 29.6 Å². The lowest BCUT2D eigenvalue weighted by Gasteiger charge is -2.31. The summed E-state index contributed by atoms with van der Waals surface area (Å²) in [6.07, 6.45) is 1.54. The number of hydrogen-bond donors (Lipinski definition) is 1. The fourth-order valence-corrected chi connectivity index (χ4v) is 5.12. The molecule has 0 saturated heterocycles. The Morgan fingerprint density at radius 2 is 1.69 bits per heavy atom. The van der Waals surface area contributed by atoms with Gasteiger partial charge in [-0.25, -0.2) is 8.42 Å². The number of carbonyl (C=O) groups excluding carboxylic acids is 1. The molecule has 1 atom stereocenters. The largest absolute Gasteiger partial charge is 0.353 e. The number of nitrogens with zero attached hydrogens (tertiary/aromatic N) is 1. The summed E-state index contributed by atoms with van der Waals surface area (Å²) in [5.74, 6) is 0.441. The average molecular weight is 435 g/mol. The van der Waals surface area contributed by atoms with Gasteiger partial charge in [-0.3, -0.25) is 9.10 Å². The normalized spacial score (nSPS) is 12.4. The first kappa shape index (κ1) is 23.3. The third-order valence-corrected chi connectivity index (χ3v) is 6.80. The lowest BCUT2D eigenvalue weighted by molar-refractivity contribution is -0.122. The summed E-state index contributed by atoms with van der Waals surface area (Å²) in [5, 5.41) is 2.91. The molecular formula is C22H30N2O3S2. The number of thioether (sulfide) groups is 1. The zero-order valence-electron chi connectivity index (χ0n) is 17.7. The second kappa shape index (κ2) is 10.2. The highest BCUT2D eigenvalue weighted by molar-refractivity contribution is 7.99. The van der Waals surface area contributed by atoms with Gasteiger partial charge in [0, 0.05) is 17.2 Å². The van der Waals surface area contributed by atoms with Crippen molar-refractivity contribution in [1.29, 1.82) is 0 Å². The van der Waals surface area contributed by atoms with Gasteiger partial charge in [0.25, 0.3) is 0 Å². The van der Waals surface area contributed by atoms with Gasteiger partial charge in [-0.05, 0) is 56.5 Å². The van der Waals surface area contributed by atoms with Crippen molar-refractivity contribution in [3.8, 4) is 0 Å². The van der Waals surface area contributed by atoms with E-state index >= 15 is 0 Å². The van der Waals surface area contributed by atoms with E-state index in [1.54, 1.807) is 11.8 Å². The minimum absolute atomic E-state index is 0.275. The van der Waals surface area contributed by atoms with Crippen LogP contribution in [0.25, 0.3) is 0 Å². The Morgan fingerprint density at radius 3 is 2.28 bits per heavy atom. The van der Waals surface area contributed by atoms with Gasteiger partial charge in [0.15, 0.2) is 0 Å². The van der Waals surface area contributed by atoms with E-state index in [9.17, 15) is 13.2 Å². The van der Waals surface area contributed by atoms with Gasteiger partial charge in [0.1, 0.15) is 6.04 Å². The SMILES string of the molecule is CC[C@H](C(=O)NCCSc1ccc(C)cc1)N(c1cc(C)ccc1C)S(C)(=O)=O. The summed E-state index contributed by atoms with van der Waals surface area (Å²) in [7, 11) is -3.62. The van der Waals surface area contributed by atoms with Gasteiger partial charge in [-0.2, -0.15) is 0 Å². The number of amides is 1. The highest BCUT2D eigenvalue weighted by Crippen LogP contribution is 2.27. The summed E-state index contributed by atoms with van der Waals surface area (Å²) in [6.45, 7) is 8.11. The smallest absolute Gasteiger partial charge is 0.243 e. The second-order valence-electron chi connectivity index (χ2n) is 7.23. The van der Waals surface area contributed by atoms with Crippen molar-refractivity contribution in [2.75, 3.05) is 22.9 Å². The lowest BCUT2D eigenvalue weighted by atomic mass is 10.1. The van der Waals surface area contributed by atoms with Gasteiger partial charge < -0.3 is 5.32 Å². The van der Waals surface area contributed by atoms with Crippen LogP contribution in [0.3, 0.4) is 0 Å². The van der Waals surface area contributed by atoms with Crippen LogP contribution in [0, 0.1) is 20.8 Å². The molecule has 0 fully saturated rings. The van der Waals surface area contributed by atoms with E-state index in [0.717, 1.165) is 22.3 Å². The zero-order chi connectivity index (χ0) is 21.6. The van der Waals surface area contributed by atoms with Crippen molar-refractivity contribution in [1.82, 2.24) is 5.32 Å². The first-order valence-corrected chi connectivity index (χ1v) is 12.5. The van der Waals surface area contributed by atoms with Gasteiger partial charge >= 0.3 is 0 Å². The molecule has 0 bridgehead atoms. The number of aryl methyl sites for hydroxylation is 3. The predicted octanol–water partition coefficient (Wildman–Crippen LogP) is 4.06. The standard InChI is InChI=1S/C22H30N2O3S2/c1-6-20(22(25)23-13-14-28-19-11-8-16(2)9-12-19)24(29(5,26)27)21-15-17(3)7-10-18(21)4/h7-12,15,20H,6,13-14H2,1-5H3,(H,23,25)/t20-/m1/s1. The van der Waals surface area contributed by atoms with E-state index in [4.69, 9.17) is 0 Å². The van der Waals surface area contributed by atoms with E-state index < -0.39 is 16.1 Å². The number of hydrogen-bond acceptors (Lipinski definition) is 4. The molecule has 1 N–H and O–H groups in total. The maximum absolute atomic E-state index is 12.9. The average Bonchev–Trinajstić information content (AvgIpc) is 2.65. The number of anilines is 1. The van der Waals surface area contributed by atoms with Gasteiger partial charge in [0.2, 0.25) is 15.9 Å². The van der Waals surface area contributed by atoms with Crippen molar-refractivity contribution in [3.63, 3.8) is 0 Å². The molecule has 1 amide bonds. The molecule has 0 saturated carbocycles. The first-order valence-electron chi connectivity index (χ1n) is 9.67. The van der Waals surface area contributed by atoms with E-state index in [-0.39, 0.29) is 5.91 Å². The molecule has 0 aliphatic rings. The monoisotopic (exact) mass is 434 g/mol. The van der Waals surface area contributed by atoms with Crippen LogP contribution >= 0.6 is 11.8 Å². The Bertz CT molecular complexity index is 941. The minimum Gasteiger partial charge on any atom is -0.353 e. The van der Waals surface area contributed by atoms with Gasteiger partial charge in [-0.15, -0.1) is 11.8 Å². The van der Waals surface area contributed by atoms with Crippen molar-refractivity contribution in [2.45, 2.75) is 45.1 Å². The Labute approximate surface area is 178 Å². The van der Waals surface area contributed by atoms with Crippen LogP contribution in [0.15, 0.2) is 47.4 Å². The first-order chi connectivity index (χ1) is 13.6. The predicted molar refractivity (Wildman–Crippen MR) is 122 cm³/mol. The van der Waals surface area contributed by atoms with Crippen LogP contribution in [-0.4, -0.2) is 38.9 Å². The quantitative estimate of drug-likeness (QED) is 0.477. The molecule has 7 heteroatoms. The van der Waals surface area contributed by atoms with Crippen LogP contribution in [0.5, 0.6) is 0 Å². The molecule has 0 spiro atoms. The van der Waals surface area contributed by atoms with E-state index in [0.29, 0.717) is 24.4 Å². The van der Waals surface area contributed by atoms with Crippen molar-refractivity contribution in [3.05, 3.63) is 59.2 Å². The Kier molecular flexibility index (Phi) is 8.16. The molecule has 2 aromatic rings. The molecule has 0 unspecified atom stereocenters. The van der Waals surface area contributed by atoms with Crippen molar-refractivity contribution in [2.24, 2.45) is 0 Å². The van der Waals surface area contributed by atoms with Gasteiger partial charge in [-0.1, -0.05) is 36.8 Å². The maximum atomic E-state index is 12.9. The molecular weight excluding hydrogens is 404 g/mol. The summed E-state index contributed by atoms with van der Waals surface area (Å²) in [5.41, 5.74) is 3.54. The minimum atomic E-state index is -3.62.